The largest absolute Gasteiger partial charge is 0.486 e. The molecule has 1 aliphatic rings. The van der Waals surface area contributed by atoms with Gasteiger partial charge in [0.05, 0.1) is 12.2 Å². The molecule has 1 heterocycles. The molecule has 0 fully saturated rings. The third-order valence-electron chi connectivity index (χ3n) is 2.72. The van der Waals surface area contributed by atoms with Gasteiger partial charge in [-0.05, 0) is 24.5 Å². The first kappa shape index (κ1) is 9.38. The van der Waals surface area contributed by atoms with E-state index in [0.29, 0.717) is 12.0 Å². The van der Waals surface area contributed by atoms with Crippen molar-refractivity contribution in [2.24, 2.45) is 5.92 Å². The lowest BCUT2D eigenvalue weighted by molar-refractivity contribution is 0.155. The molecule has 0 bridgehead atoms. The minimum absolute atomic E-state index is 0.295. The van der Waals surface area contributed by atoms with E-state index in [0.717, 1.165) is 18.0 Å². The first-order valence-corrected chi connectivity index (χ1v) is 5.18. The number of fused-ring (bicyclic) bond motifs is 1. The molecule has 1 atom stereocenters. The van der Waals surface area contributed by atoms with Crippen LogP contribution in [0.15, 0.2) is 18.2 Å². The summed E-state index contributed by atoms with van der Waals surface area (Å²) >= 11 is 0. The fraction of sp³-hybridized carbons (Fsp3) is 0.500. The number of nitrogens with one attached hydrogen (secondary N) is 1. The van der Waals surface area contributed by atoms with Gasteiger partial charge < -0.3 is 10.1 Å². The Hall–Kier alpha value is -1.18. The van der Waals surface area contributed by atoms with Crippen molar-refractivity contribution in [2.45, 2.75) is 26.9 Å². The molecule has 0 aromatic heterocycles. The average Bonchev–Trinajstić information content (AvgIpc) is 2.18. The summed E-state index contributed by atoms with van der Waals surface area (Å²) in [6.07, 6.45) is 0.295. The lowest BCUT2D eigenvalue weighted by Gasteiger charge is -2.30. The van der Waals surface area contributed by atoms with Crippen LogP contribution in [0.25, 0.3) is 0 Å². The van der Waals surface area contributed by atoms with E-state index in [1.54, 1.807) is 0 Å². The molecule has 2 rings (SSSR count). The van der Waals surface area contributed by atoms with Crippen molar-refractivity contribution < 1.29 is 4.74 Å². The van der Waals surface area contributed by atoms with Crippen molar-refractivity contribution in [3.8, 4) is 5.75 Å². The smallest absolute Gasteiger partial charge is 0.145 e. The molecular formula is C12H17NO. The third kappa shape index (κ3) is 1.57. The molecule has 1 aliphatic heterocycles. The fourth-order valence-electron chi connectivity index (χ4n) is 1.72. The number of aryl methyl sites for hydroxylation is 1. The number of hydrogen-bond donors (Lipinski definition) is 1. The first-order valence-electron chi connectivity index (χ1n) is 5.18. The molecule has 0 aliphatic carbocycles. The van der Waals surface area contributed by atoms with E-state index in [-0.39, 0.29) is 0 Å². The minimum Gasteiger partial charge on any atom is -0.486 e. The molecule has 14 heavy (non-hydrogen) atoms. The molecule has 1 N–H and O–H groups in total. The fourth-order valence-corrected chi connectivity index (χ4v) is 1.72. The molecule has 0 amide bonds. The highest BCUT2D eigenvalue weighted by Crippen LogP contribution is 2.33. The van der Waals surface area contributed by atoms with Crippen LogP contribution in [0.2, 0.25) is 0 Å². The van der Waals surface area contributed by atoms with E-state index in [4.69, 9.17) is 4.74 Å². The molecule has 0 saturated carbocycles. The normalized spacial score (nSPS) is 19.9. The van der Waals surface area contributed by atoms with Crippen molar-refractivity contribution in [3.63, 3.8) is 0 Å². The Bertz CT molecular complexity index is 333. The van der Waals surface area contributed by atoms with Gasteiger partial charge in [-0.3, -0.25) is 0 Å². The third-order valence-corrected chi connectivity index (χ3v) is 2.72. The van der Waals surface area contributed by atoms with Crippen molar-refractivity contribution in [3.05, 3.63) is 23.8 Å². The van der Waals surface area contributed by atoms with Crippen LogP contribution in [0.4, 0.5) is 5.69 Å². The predicted octanol–water partition coefficient (Wildman–Crippen LogP) is 2.82. The SMILES string of the molecule is Cc1cccc2c1OC(C(C)C)CN2. The quantitative estimate of drug-likeness (QED) is 0.737. The van der Waals surface area contributed by atoms with Crippen LogP contribution in [-0.4, -0.2) is 12.6 Å². The maximum atomic E-state index is 5.96. The van der Waals surface area contributed by atoms with Crippen LogP contribution in [0, 0.1) is 12.8 Å². The Balaban J connectivity index is 2.29. The Kier molecular flexibility index (Phi) is 2.36. The van der Waals surface area contributed by atoms with Gasteiger partial charge in [0, 0.05) is 0 Å². The standard InChI is InChI=1S/C12H17NO/c1-8(2)11-7-13-10-6-4-5-9(3)12(10)14-11/h4-6,8,11,13H,7H2,1-3H3. The van der Waals surface area contributed by atoms with Gasteiger partial charge in [0.2, 0.25) is 0 Å². The first-order chi connectivity index (χ1) is 6.68. The molecule has 0 radical (unpaired) electrons. The zero-order valence-corrected chi connectivity index (χ0v) is 9.00. The van der Waals surface area contributed by atoms with Crippen LogP contribution in [-0.2, 0) is 0 Å². The molecule has 2 heteroatoms. The van der Waals surface area contributed by atoms with Crippen LogP contribution in [0.3, 0.4) is 0 Å². The number of hydrogen-bond acceptors (Lipinski definition) is 2. The van der Waals surface area contributed by atoms with Crippen LogP contribution >= 0.6 is 0 Å². The molecule has 2 nitrogen and oxygen atoms in total. The van der Waals surface area contributed by atoms with E-state index in [1.807, 2.05) is 0 Å². The van der Waals surface area contributed by atoms with E-state index in [2.05, 4.69) is 44.3 Å². The summed E-state index contributed by atoms with van der Waals surface area (Å²) in [7, 11) is 0. The monoisotopic (exact) mass is 191 g/mol. The van der Waals surface area contributed by atoms with E-state index >= 15 is 0 Å². The van der Waals surface area contributed by atoms with Crippen LogP contribution in [0.5, 0.6) is 5.75 Å². The Morgan fingerprint density at radius 2 is 2.21 bits per heavy atom. The van der Waals surface area contributed by atoms with E-state index in [9.17, 15) is 0 Å². The Labute approximate surface area is 85.3 Å². The molecular weight excluding hydrogens is 174 g/mol. The van der Waals surface area contributed by atoms with Gasteiger partial charge in [-0.15, -0.1) is 0 Å². The molecule has 1 aromatic carbocycles. The highest BCUT2D eigenvalue weighted by molar-refractivity contribution is 5.61. The summed E-state index contributed by atoms with van der Waals surface area (Å²) < 4.78 is 5.96. The number of anilines is 1. The van der Waals surface area contributed by atoms with Crippen molar-refractivity contribution in [1.82, 2.24) is 0 Å². The maximum Gasteiger partial charge on any atom is 0.145 e. The second-order valence-corrected chi connectivity index (χ2v) is 4.23. The lowest BCUT2D eigenvalue weighted by atomic mass is 10.0. The molecule has 1 aromatic rings. The summed E-state index contributed by atoms with van der Waals surface area (Å²) in [4.78, 5) is 0. The van der Waals surface area contributed by atoms with Gasteiger partial charge in [0.1, 0.15) is 11.9 Å². The number of rotatable bonds is 1. The van der Waals surface area contributed by atoms with Crippen molar-refractivity contribution in [2.75, 3.05) is 11.9 Å². The number of para-hydroxylation sites is 1. The van der Waals surface area contributed by atoms with Gasteiger partial charge in [0.15, 0.2) is 0 Å². The number of benzene rings is 1. The summed E-state index contributed by atoms with van der Waals surface area (Å²) in [5.41, 5.74) is 2.34. The highest BCUT2D eigenvalue weighted by Gasteiger charge is 2.22. The molecule has 1 unspecified atom stereocenters. The second kappa shape index (κ2) is 3.52. The van der Waals surface area contributed by atoms with Gasteiger partial charge in [0.25, 0.3) is 0 Å². The van der Waals surface area contributed by atoms with Gasteiger partial charge in [-0.25, -0.2) is 0 Å². The summed E-state index contributed by atoms with van der Waals surface area (Å²) in [5.74, 6) is 1.58. The zero-order valence-electron chi connectivity index (χ0n) is 9.00. The van der Waals surface area contributed by atoms with Crippen molar-refractivity contribution >= 4 is 5.69 Å². The van der Waals surface area contributed by atoms with Crippen LogP contribution < -0.4 is 10.1 Å². The highest BCUT2D eigenvalue weighted by atomic mass is 16.5. The maximum absolute atomic E-state index is 5.96. The van der Waals surface area contributed by atoms with E-state index in [1.165, 1.54) is 5.56 Å². The van der Waals surface area contributed by atoms with E-state index < -0.39 is 0 Å². The lowest BCUT2D eigenvalue weighted by Crippen LogP contribution is -2.35. The summed E-state index contributed by atoms with van der Waals surface area (Å²) in [5, 5.41) is 3.41. The number of ether oxygens (including phenoxy) is 1. The minimum atomic E-state index is 0.295. The summed E-state index contributed by atoms with van der Waals surface area (Å²) in [6, 6.07) is 6.21. The molecule has 0 saturated heterocycles. The van der Waals surface area contributed by atoms with Gasteiger partial charge >= 0.3 is 0 Å². The van der Waals surface area contributed by atoms with Gasteiger partial charge in [-0.1, -0.05) is 26.0 Å². The zero-order chi connectivity index (χ0) is 10.1. The Morgan fingerprint density at radius 3 is 2.93 bits per heavy atom. The Morgan fingerprint density at radius 1 is 1.43 bits per heavy atom. The molecule has 0 spiro atoms. The van der Waals surface area contributed by atoms with Crippen molar-refractivity contribution in [1.29, 1.82) is 0 Å². The summed E-state index contributed by atoms with van der Waals surface area (Å²) in [6.45, 7) is 7.38. The predicted molar refractivity (Wildman–Crippen MR) is 58.9 cm³/mol. The molecule has 76 valence electrons. The average molecular weight is 191 g/mol. The second-order valence-electron chi connectivity index (χ2n) is 4.23. The van der Waals surface area contributed by atoms with Gasteiger partial charge in [-0.2, -0.15) is 0 Å². The topological polar surface area (TPSA) is 21.3 Å². The van der Waals surface area contributed by atoms with Crippen LogP contribution in [0.1, 0.15) is 19.4 Å².